The van der Waals surface area contributed by atoms with Crippen molar-refractivity contribution in [2.24, 2.45) is 0 Å². The lowest BCUT2D eigenvalue weighted by atomic mass is 10.1. The van der Waals surface area contributed by atoms with Crippen LogP contribution in [0.3, 0.4) is 0 Å². The highest BCUT2D eigenvalue weighted by atomic mass is 79.9. The summed E-state index contributed by atoms with van der Waals surface area (Å²) in [6.45, 7) is 4.67. The fourth-order valence-corrected chi connectivity index (χ4v) is 5.37. The van der Waals surface area contributed by atoms with Crippen molar-refractivity contribution < 1.29 is 22.4 Å². The van der Waals surface area contributed by atoms with E-state index in [-0.39, 0.29) is 22.7 Å². The number of hydrogen-bond acceptors (Lipinski definition) is 4. The summed E-state index contributed by atoms with van der Waals surface area (Å²) in [7, 11) is -4.15. The molecule has 3 aromatic carbocycles. The Kier molecular flexibility index (Phi) is 9.45. The Bertz CT molecular complexity index is 1350. The van der Waals surface area contributed by atoms with E-state index in [0.29, 0.717) is 6.54 Å². The number of anilines is 1. The normalized spacial score (nSPS) is 12.0. The summed E-state index contributed by atoms with van der Waals surface area (Å²) in [4.78, 5) is 27.6. The van der Waals surface area contributed by atoms with E-state index in [0.717, 1.165) is 14.3 Å². The lowest BCUT2D eigenvalue weighted by Gasteiger charge is -2.32. The van der Waals surface area contributed by atoms with Crippen LogP contribution in [0.4, 0.5) is 10.1 Å². The van der Waals surface area contributed by atoms with E-state index < -0.39 is 40.2 Å². The van der Waals surface area contributed by atoms with Crippen molar-refractivity contribution in [3.8, 4) is 0 Å². The van der Waals surface area contributed by atoms with Gasteiger partial charge in [0.05, 0.1) is 10.6 Å². The number of halogens is 2. The van der Waals surface area contributed by atoms with Gasteiger partial charge in [-0.15, -0.1) is 0 Å². The number of carbonyl (C=O) groups excluding carboxylic acids is 2. The molecule has 0 aliphatic heterocycles. The molecule has 10 heteroatoms. The van der Waals surface area contributed by atoms with Gasteiger partial charge in [-0.3, -0.25) is 13.9 Å². The summed E-state index contributed by atoms with van der Waals surface area (Å²) < 4.78 is 43.6. The molecule has 7 nitrogen and oxygen atoms in total. The fourth-order valence-electron chi connectivity index (χ4n) is 3.69. The van der Waals surface area contributed by atoms with E-state index >= 15 is 0 Å². The number of nitrogens with one attached hydrogen (secondary N) is 1. The standard InChI is InChI=1S/C27H29BrFN3O4S/c1-4-30-27(34)20(3)31(17-21-7-5-6-8-25(21)29)26(33)18-32(23-13-11-22(28)12-14-23)37(35,36)24-15-9-19(2)10-16-24/h5-16,20H,4,17-18H2,1-3H3,(H,30,34). The van der Waals surface area contributed by atoms with Crippen LogP contribution in [0, 0.1) is 12.7 Å². The van der Waals surface area contributed by atoms with Crippen molar-refractivity contribution in [1.29, 1.82) is 0 Å². The van der Waals surface area contributed by atoms with Crippen LogP contribution in [0.5, 0.6) is 0 Å². The maximum atomic E-state index is 14.5. The number of sulfonamides is 1. The lowest BCUT2D eigenvalue weighted by molar-refractivity contribution is -0.139. The first-order valence-corrected chi connectivity index (χ1v) is 13.9. The molecule has 0 saturated carbocycles. The van der Waals surface area contributed by atoms with E-state index in [4.69, 9.17) is 0 Å². The van der Waals surface area contributed by atoms with E-state index in [1.165, 1.54) is 42.2 Å². The molecule has 1 atom stereocenters. The second-order valence-corrected chi connectivity index (χ2v) is 11.3. The minimum Gasteiger partial charge on any atom is -0.355 e. The van der Waals surface area contributed by atoms with Gasteiger partial charge in [0.25, 0.3) is 10.0 Å². The molecule has 1 N–H and O–H groups in total. The molecule has 0 spiro atoms. The molecule has 3 rings (SSSR count). The van der Waals surface area contributed by atoms with Crippen LogP contribution >= 0.6 is 15.9 Å². The zero-order valence-electron chi connectivity index (χ0n) is 20.8. The maximum absolute atomic E-state index is 14.5. The number of amides is 2. The quantitative estimate of drug-likeness (QED) is 0.373. The van der Waals surface area contributed by atoms with Crippen LogP contribution in [-0.4, -0.2) is 44.3 Å². The molecule has 196 valence electrons. The second kappa shape index (κ2) is 12.3. The van der Waals surface area contributed by atoms with E-state index in [2.05, 4.69) is 21.2 Å². The molecular weight excluding hydrogens is 561 g/mol. The van der Waals surface area contributed by atoms with Crippen molar-refractivity contribution in [3.05, 3.63) is 94.2 Å². The summed E-state index contributed by atoms with van der Waals surface area (Å²) in [5, 5.41) is 2.67. The summed E-state index contributed by atoms with van der Waals surface area (Å²) in [5.74, 6) is -1.61. The van der Waals surface area contributed by atoms with Crippen LogP contribution in [0.1, 0.15) is 25.0 Å². The Labute approximate surface area is 225 Å². The Balaban J connectivity index is 2.03. The van der Waals surface area contributed by atoms with Gasteiger partial charge in [-0.2, -0.15) is 0 Å². The average Bonchev–Trinajstić information content (AvgIpc) is 2.87. The molecule has 0 saturated heterocycles. The molecule has 0 aromatic heterocycles. The molecule has 0 bridgehead atoms. The van der Waals surface area contributed by atoms with Gasteiger partial charge in [0.2, 0.25) is 11.8 Å². The van der Waals surface area contributed by atoms with Crippen molar-refractivity contribution in [2.75, 3.05) is 17.4 Å². The summed E-state index contributed by atoms with van der Waals surface area (Å²) >= 11 is 3.34. The van der Waals surface area contributed by atoms with Gasteiger partial charge in [-0.25, -0.2) is 12.8 Å². The minimum atomic E-state index is -4.15. The highest BCUT2D eigenvalue weighted by molar-refractivity contribution is 9.10. The number of benzene rings is 3. The molecule has 0 fully saturated rings. The number of hydrogen-bond donors (Lipinski definition) is 1. The number of likely N-dealkylation sites (N-methyl/N-ethyl adjacent to an activating group) is 1. The van der Waals surface area contributed by atoms with Crippen LogP contribution in [-0.2, 0) is 26.2 Å². The van der Waals surface area contributed by atoms with Crippen LogP contribution in [0.2, 0.25) is 0 Å². The van der Waals surface area contributed by atoms with Gasteiger partial charge in [-0.1, -0.05) is 51.8 Å². The molecule has 0 radical (unpaired) electrons. The molecule has 1 unspecified atom stereocenters. The number of nitrogens with zero attached hydrogens (tertiary/aromatic N) is 2. The zero-order chi connectivity index (χ0) is 27.2. The first-order chi connectivity index (χ1) is 17.5. The van der Waals surface area contributed by atoms with Crippen LogP contribution in [0.15, 0.2) is 82.2 Å². The second-order valence-electron chi connectivity index (χ2n) is 8.48. The number of carbonyl (C=O) groups is 2. The van der Waals surface area contributed by atoms with Crippen LogP contribution in [0.25, 0.3) is 0 Å². The molecule has 0 aliphatic carbocycles. The SMILES string of the molecule is CCNC(=O)C(C)N(Cc1ccccc1F)C(=O)CN(c1ccc(Br)cc1)S(=O)(=O)c1ccc(C)cc1. The predicted octanol–water partition coefficient (Wildman–Crippen LogP) is 4.65. The van der Waals surface area contributed by atoms with Gasteiger partial charge in [-0.05, 0) is 63.2 Å². The third kappa shape index (κ3) is 6.95. The highest BCUT2D eigenvalue weighted by Gasteiger charge is 2.32. The van der Waals surface area contributed by atoms with Crippen molar-refractivity contribution >= 4 is 43.5 Å². The summed E-state index contributed by atoms with van der Waals surface area (Å²) in [6, 6.07) is 17.8. The monoisotopic (exact) mass is 589 g/mol. The summed E-state index contributed by atoms with van der Waals surface area (Å²) in [5.41, 5.74) is 1.37. The van der Waals surface area contributed by atoms with Gasteiger partial charge in [0, 0.05) is 23.1 Å². The van der Waals surface area contributed by atoms with Crippen molar-refractivity contribution in [2.45, 2.75) is 38.3 Å². The minimum absolute atomic E-state index is 0.0197. The molecule has 0 heterocycles. The van der Waals surface area contributed by atoms with Gasteiger partial charge in [0.1, 0.15) is 18.4 Å². The molecule has 3 aromatic rings. The topological polar surface area (TPSA) is 86.8 Å². The van der Waals surface area contributed by atoms with Crippen molar-refractivity contribution in [3.63, 3.8) is 0 Å². The van der Waals surface area contributed by atoms with Crippen LogP contribution < -0.4 is 9.62 Å². The smallest absolute Gasteiger partial charge is 0.264 e. The van der Waals surface area contributed by atoms with E-state index in [1.54, 1.807) is 49.4 Å². The largest absolute Gasteiger partial charge is 0.355 e. The number of rotatable bonds is 10. The first kappa shape index (κ1) is 28.3. The zero-order valence-corrected chi connectivity index (χ0v) is 23.2. The Morgan fingerprint density at radius 3 is 2.22 bits per heavy atom. The molecule has 37 heavy (non-hydrogen) atoms. The Morgan fingerprint density at radius 2 is 1.62 bits per heavy atom. The maximum Gasteiger partial charge on any atom is 0.264 e. The van der Waals surface area contributed by atoms with Crippen molar-refractivity contribution in [1.82, 2.24) is 10.2 Å². The van der Waals surface area contributed by atoms with E-state index in [1.807, 2.05) is 6.92 Å². The Morgan fingerprint density at radius 1 is 1.00 bits per heavy atom. The summed E-state index contributed by atoms with van der Waals surface area (Å²) in [6.07, 6.45) is 0. The number of aryl methyl sites for hydroxylation is 1. The lowest BCUT2D eigenvalue weighted by Crippen LogP contribution is -2.51. The Hall–Kier alpha value is -3.24. The van der Waals surface area contributed by atoms with Gasteiger partial charge in [0.15, 0.2) is 0 Å². The third-order valence-corrected chi connectivity index (χ3v) is 8.14. The van der Waals surface area contributed by atoms with Gasteiger partial charge >= 0.3 is 0 Å². The van der Waals surface area contributed by atoms with E-state index in [9.17, 15) is 22.4 Å². The molecular formula is C27H29BrFN3O4S. The predicted molar refractivity (Wildman–Crippen MR) is 145 cm³/mol. The third-order valence-electron chi connectivity index (χ3n) is 5.82. The van der Waals surface area contributed by atoms with Gasteiger partial charge < -0.3 is 10.2 Å². The molecule has 2 amide bonds. The average molecular weight is 591 g/mol. The first-order valence-electron chi connectivity index (χ1n) is 11.7. The fraction of sp³-hybridized carbons (Fsp3) is 0.259. The molecule has 0 aliphatic rings. The highest BCUT2D eigenvalue weighted by Crippen LogP contribution is 2.26.